The van der Waals surface area contributed by atoms with Crippen LogP contribution in [0.1, 0.15) is 33.5 Å². The highest BCUT2D eigenvalue weighted by Crippen LogP contribution is 2.41. The van der Waals surface area contributed by atoms with E-state index in [0.717, 1.165) is 16.8 Å². The number of halogens is 3. The summed E-state index contributed by atoms with van der Waals surface area (Å²) in [4.78, 5) is 13.3. The number of aliphatic hydroxyl groups is 1. The van der Waals surface area contributed by atoms with E-state index in [0.29, 0.717) is 42.7 Å². The lowest BCUT2D eigenvalue weighted by molar-refractivity contribution is -0.153. The maximum atomic E-state index is 13.3. The van der Waals surface area contributed by atoms with E-state index in [-0.39, 0.29) is 24.5 Å². The molecule has 0 unspecified atom stereocenters. The third kappa shape index (κ3) is 5.76. The summed E-state index contributed by atoms with van der Waals surface area (Å²) in [5.41, 5.74) is 3.58. The molecule has 2 atom stereocenters. The minimum absolute atomic E-state index is 0.0247. The van der Waals surface area contributed by atoms with Crippen molar-refractivity contribution >= 4 is 5.91 Å². The van der Waals surface area contributed by atoms with Crippen LogP contribution in [-0.4, -0.2) is 70.8 Å². The fourth-order valence-electron chi connectivity index (χ4n) is 4.68. The molecule has 1 saturated heterocycles. The first-order chi connectivity index (χ1) is 18.2. The van der Waals surface area contributed by atoms with E-state index >= 15 is 0 Å². The molecule has 2 aliphatic heterocycles. The average molecular weight is 533 g/mol. The maximum Gasteiger partial charge on any atom is 0.422 e. The lowest BCUT2D eigenvalue weighted by atomic mass is 9.95. The van der Waals surface area contributed by atoms with Crippen molar-refractivity contribution in [1.82, 2.24) is 20.3 Å². The Morgan fingerprint density at radius 1 is 1.26 bits per heavy atom. The Morgan fingerprint density at radius 2 is 2.05 bits per heavy atom. The molecule has 0 saturated carbocycles. The number of carbonyl (C=O) groups is 1. The standard InChI is InChI=1S/C26H27F3N4O5/c1-33-12-21(31-32-33)16-4-2-15(3-5-16)10-17-11-19(25(35)30-20-7-8-36-13-22(20)34)24(38-14-26(27,28)29)18-6-9-37-23(17)18/h2-5,11-12,20,22,34H,6-10,13-14H2,1H3,(H,30,35)/t20-,22-/m0/s1. The second kappa shape index (κ2) is 10.6. The Morgan fingerprint density at radius 3 is 2.74 bits per heavy atom. The van der Waals surface area contributed by atoms with E-state index in [4.69, 9.17) is 14.2 Å². The van der Waals surface area contributed by atoms with Crippen LogP contribution in [0.15, 0.2) is 36.5 Å². The number of carbonyl (C=O) groups excluding carboxylic acids is 1. The minimum atomic E-state index is -4.58. The molecule has 1 fully saturated rings. The van der Waals surface area contributed by atoms with Gasteiger partial charge >= 0.3 is 6.18 Å². The van der Waals surface area contributed by atoms with Crippen LogP contribution in [0, 0.1) is 0 Å². The molecular formula is C26H27F3N4O5. The van der Waals surface area contributed by atoms with Crippen LogP contribution in [0.25, 0.3) is 11.3 Å². The van der Waals surface area contributed by atoms with Gasteiger partial charge in [-0.2, -0.15) is 13.2 Å². The molecule has 9 nitrogen and oxygen atoms in total. The van der Waals surface area contributed by atoms with Crippen LogP contribution >= 0.6 is 0 Å². The monoisotopic (exact) mass is 532 g/mol. The molecule has 3 aromatic rings. The summed E-state index contributed by atoms with van der Waals surface area (Å²) < 4.78 is 57.0. The van der Waals surface area contributed by atoms with Gasteiger partial charge in [-0.15, -0.1) is 5.10 Å². The predicted octanol–water partition coefficient (Wildman–Crippen LogP) is 2.83. The van der Waals surface area contributed by atoms with E-state index < -0.39 is 30.8 Å². The first-order valence-electron chi connectivity index (χ1n) is 12.2. The maximum absolute atomic E-state index is 13.3. The van der Waals surface area contributed by atoms with Gasteiger partial charge in [0.2, 0.25) is 0 Å². The third-order valence-electron chi connectivity index (χ3n) is 6.52. The molecule has 0 aliphatic carbocycles. The third-order valence-corrected chi connectivity index (χ3v) is 6.52. The largest absolute Gasteiger partial charge is 0.493 e. The van der Waals surface area contributed by atoms with Crippen LogP contribution in [0.2, 0.25) is 0 Å². The fourth-order valence-corrected chi connectivity index (χ4v) is 4.68. The van der Waals surface area contributed by atoms with Crippen LogP contribution < -0.4 is 14.8 Å². The van der Waals surface area contributed by atoms with Gasteiger partial charge in [0.25, 0.3) is 5.91 Å². The Bertz CT molecular complexity index is 1310. The Hall–Kier alpha value is -3.64. The van der Waals surface area contributed by atoms with Crippen LogP contribution in [-0.2, 0) is 24.6 Å². The van der Waals surface area contributed by atoms with Crippen molar-refractivity contribution in [3.63, 3.8) is 0 Å². The number of aromatic nitrogens is 3. The van der Waals surface area contributed by atoms with Crippen molar-refractivity contribution in [3.05, 3.63) is 58.8 Å². The van der Waals surface area contributed by atoms with Crippen molar-refractivity contribution in [1.29, 1.82) is 0 Å². The number of benzene rings is 2. The summed E-state index contributed by atoms with van der Waals surface area (Å²) in [6.45, 7) is -0.855. The summed E-state index contributed by atoms with van der Waals surface area (Å²) >= 11 is 0. The SMILES string of the molecule is Cn1cc(-c2ccc(Cc3cc(C(=O)N[C@H]4CCOC[C@@H]4O)c(OCC(F)(F)F)c4c3OCC4)cc2)nn1. The molecule has 1 aromatic heterocycles. The molecule has 2 aromatic carbocycles. The van der Waals surface area contributed by atoms with Gasteiger partial charge in [0.1, 0.15) is 17.2 Å². The Kier molecular flexibility index (Phi) is 7.26. The smallest absolute Gasteiger partial charge is 0.422 e. The first kappa shape index (κ1) is 26.0. The number of amides is 1. The van der Waals surface area contributed by atoms with E-state index in [9.17, 15) is 23.1 Å². The molecule has 2 aliphatic rings. The van der Waals surface area contributed by atoms with Gasteiger partial charge in [-0.25, -0.2) is 0 Å². The summed E-state index contributed by atoms with van der Waals surface area (Å²) in [7, 11) is 1.78. The van der Waals surface area contributed by atoms with Crippen molar-refractivity contribution in [2.45, 2.75) is 37.6 Å². The van der Waals surface area contributed by atoms with Gasteiger partial charge in [0, 0.05) is 37.6 Å². The fraction of sp³-hybridized carbons (Fsp3) is 0.423. The predicted molar refractivity (Wildman–Crippen MR) is 129 cm³/mol. The highest BCUT2D eigenvalue weighted by Gasteiger charge is 2.34. The second-order valence-corrected chi connectivity index (χ2v) is 9.38. The highest BCUT2D eigenvalue weighted by molar-refractivity contribution is 5.98. The van der Waals surface area contributed by atoms with Crippen molar-refractivity contribution in [2.75, 3.05) is 26.4 Å². The molecule has 5 rings (SSSR count). The normalized spacial score (nSPS) is 19.1. The zero-order valence-electron chi connectivity index (χ0n) is 20.6. The summed E-state index contributed by atoms with van der Waals surface area (Å²) in [5, 5.41) is 21.0. The van der Waals surface area contributed by atoms with E-state index in [1.54, 1.807) is 17.9 Å². The molecular weight excluding hydrogens is 505 g/mol. The summed E-state index contributed by atoms with van der Waals surface area (Å²) in [6, 6.07) is 8.57. The van der Waals surface area contributed by atoms with Crippen molar-refractivity contribution in [2.24, 2.45) is 7.05 Å². The van der Waals surface area contributed by atoms with Gasteiger partial charge in [0.05, 0.1) is 37.1 Å². The molecule has 2 N–H and O–H groups in total. The molecule has 202 valence electrons. The molecule has 38 heavy (non-hydrogen) atoms. The van der Waals surface area contributed by atoms with Crippen molar-refractivity contribution < 1.29 is 37.3 Å². The topological polar surface area (TPSA) is 108 Å². The van der Waals surface area contributed by atoms with E-state index in [2.05, 4.69) is 15.6 Å². The van der Waals surface area contributed by atoms with Gasteiger partial charge in [0.15, 0.2) is 6.61 Å². The number of nitrogens with zero attached hydrogens (tertiary/aromatic N) is 3. The minimum Gasteiger partial charge on any atom is -0.493 e. The van der Waals surface area contributed by atoms with E-state index in [1.165, 1.54) is 6.07 Å². The van der Waals surface area contributed by atoms with Crippen LogP contribution in [0.4, 0.5) is 13.2 Å². The number of rotatable bonds is 7. The number of alkyl halides is 3. The zero-order valence-corrected chi connectivity index (χ0v) is 20.6. The van der Waals surface area contributed by atoms with Gasteiger partial charge < -0.3 is 24.6 Å². The number of aryl methyl sites for hydroxylation is 1. The molecule has 12 heteroatoms. The quantitative estimate of drug-likeness (QED) is 0.482. The number of hydrogen-bond donors (Lipinski definition) is 2. The lowest BCUT2D eigenvalue weighted by Gasteiger charge is -2.29. The molecule has 1 amide bonds. The van der Waals surface area contributed by atoms with Gasteiger partial charge in [-0.05, 0) is 23.6 Å². The second-order valence-electron chi connectivity index (χ2n) is 9.38. The molecule has 3 heterocycles. The Labute approximate surface area is 216 Å². The van der Waals surface area contributed by atoms with E-state index in [1.807, 2.05) is 24.3 Å². The van der Waals surface area contributed by atoms with Gasteiger partial charge in [-0.1, -0.05) is 29.5 Å². The number of ether oxygens (including phenoxy) is 3. The van der Waals surface area contributed by atoms with Crippen molar-refractivity contribution in [3.8, 4) is 22.8 Å². The van der Waals surface area contributed by atoms with Gasteiger partial charge in [-0.3, -0.25) is 9.48 Å². The number of nitrogens with one attached hydrogen (secondary N) is 1. The summed E-state index contributed by atoms with van der Waals surface area (Å²) in [6.07, 6.45) is -2.64. The Balaban J connectivity index is 1.47. The first-order valence-corrected chi connectivity index (χ1v) is 12.2. The highest BCUT2D eigenvalue weighted by atomic mass is 19.4. The average Bonchev–Trinajstić information content (AvgIpc) is 3.54. The summed E-state index contributed by atoms with van der Waals surface area (Å²) in [5.74, 6) is -0.333. The van der Waals surface area contributed by atoms with Crippen LogP contribution in [0.5, 0.6) is 11.5 Å². The molecule has 0 bridgehead atoms. The lowest BCUT2D eigenvalue weighted by Crippen LogP contribution is -2.48. The molecule has 0 spiro atoms. The number of aliphatic hydroxyl groups excluding tert-OH is 1. The molecule has 0 radical (unpaired) electrons. The number of hydrogen-bond acceptors (Lipinski definition) is 7. The zero-order chi connectivity index (χ0) is 26.9. The van der Waals surface area contributed by atoms with Crippen LogP contribution in [0.3, 0.4) is 0 Å². The number of fused-ring (bicyclic) bond motifs is 1.